The fourth-order valence-corrected chi connectivity index (χ4v) is 1.74. The van der Waals surface area contributed by atoms with Crippen LogP contribution in [0, 0.1) is 12.1 Å². The lowest BCUT2D eigenvalue weighted by Crippen LogP contribution is -2.06. The van der Waals surface area contributed by atoms with Gasteiger partial charge in [0.2, 0.25) is 0 Å². The van der Waals surface area contributed by atoms with Crippen molar-refractivity contribution >= 4 is 18.0 Å². The first-order valence-corrected chi connectivity index (χ1v) is 4.91. The Morgan fingerprint density at radius 1 is 1.31 bits per heavy atom. The molecule has 0 unspecified atom stereocenters. The van der Waals surface area contributed by atoms with Crippen LogP contribution in [-0.2, 0) is 0 Å². The van der Waals surface area contributed by atoms with E-state index in [0.717, 1.165) is 11.2 Å². The van der Waals surface area contributed by atoms with Gasteiger partial charge in [0, 0.05) is 4.75 Å². The maximum Gasteiger partial charge on any atom is 0.158 e. The summed E-state index contributed by atoms with van der Waals surface area (Å²) in [6.07, 6.45) is 0.780. The van der Waals surface area contributed by atoms with E-state index in [4.69, 9.17) is 0 Å². The molecule has 0 spiro atoms. The number of thioether (sulfide) groups is 1. The molecule has 0 amide bonds. The summed E-state index contributed by atoms with van der Waals surface area (Å²) in [6.45, 7) is 6.41. The van der Waals surface area contributed by atoms with Crippen molar-refractivity contribution in [2.75, 3.05) is 0 Å². The van der Waals surface area contributed by atoms with Crippen molar-refractivity contribution in [3.05, 3.63) is 29.8 Å². The first kappa shape index (κ1) is 10.1. The van der Waals surface area contributed by atoms with Crippen molar-refractivity contribution < 1.29 is 4.79 Å². The van der Waals surface area contributed by atoms with E-state index in [1.807, 2.05) is 6.07 Å². The highest BCUT2D eigenvalue weighted by Crippen LogP contribution is 2.30. The van der Waals surface area contributed by atoms with E-state index in [9.17, 15) is 4.79 Å². The Morgan fingerprint density at radius 3 is 2.38 bits per heavy atom. The van der Waals surface area contributed by atoms with Crippen LogP contribution in [0.5, 0.6) is 0 Å². The van der Waals surface area contributed by atoms with Crippen molar-refractivity contribution in [2.45, 2.75) is 30.4 Å². The summed E-state index contributed by atoms with van der Waals surface area (Å²) in [5, 5.41) is 0. The molecular formula is C11H12OS. The lowest BCUT2D eigenvalue weighted by molar-refractivity contribution is 0.112. The zero-order valence-corrected chi connectivity index (χ0v) is 8.87. The molecular weight excluding hydrogens is 180 g/mol. The summed E-state index contributed by atoms with van der Waals surface area (Å²) < 4.78 is 0.174. The average Bonchev–Trinajstić information content (AvgIpc) is 2.03. The third-order valence-electron chi connectivity index (χ3n) is 1.29. The van der Waals surface area contributed by atoms with E-state index in [0.29, 0.717) is 5.56 Å². The smallest absolute Gasteiger partial charge is 0.158 e. The third-order valence-corrected chi connectivity index (χ3v) is 2.36. The molecule has 1 nitrogen and oxygen atoms in total. The molecule has 0 saturated carbocycles. The lowest BCUT2D eigenvalue weighted by atomic mass is 10.3. The van der Waals surface area contributed by atoms with E-state index >= 15 is 0 Å². The van der Waals surface area contributed by atoms with Gasteiger partial charge in [0.25, 0.3) is 0 Å². The zero-order valence-electron chi connectivity index (χ0n) is 8.05. The molecule has 0 fully saturated rings. The minimum absolute atomic E-state index is 0.174. The minimum Gasteiger partial charge on any atom is -0.297 e. The average molecular weight is 192 g/mol. The van der Waals surface area contributed by atoms with E-state index in [-0.39, 0.29) is 4.75 Å². The van der Waals surface area contributed by atoms with Crippen LogP contribution in [0.25, 0.3) is 0 Å². The van der Waals surface area contributed by atoms with Gasteiger partial charge in [-0.1, -0.05) is 32.9 Å². The molecule has 0 aliphatic carbocycles. The molecule has 0 radical (unpaired) electrons. The molecule has 0 N–H and O–H groups in total. The fourth-order valence-electron chi connectivity index (χ4n) is 0.841. The summed E-state index contributed by atoms with van der Waals surface area (Å²) in [5.74, 6) is 0. The highest BCUT2D eigenvalue weighted by atomic mass is 32.2. The SMILES string of the molecule is CC(C)(C)Sc1c#cc(C=O)cc1. The molecule has 0 aliphatic rings. The monoisotopic (exact) mass is 192 g/mol. The van der Waals surface area contributed by atoms with Gasteiger partial charge < -0.3 is 0 Å². The van der Waals surface area contributed by atoms with Crippen LogP contribution < -0.4 is 0 Å². The summed E-state index contributed by atoms with van der Waals surface area (Å²) in [5.41, 5.74) is 0.554. The normalized spacial score (nSPS) is 10.7. The molecule has 2 heteroatoms. The summed E-state index contributed by atoms with van der Waals surface area (Å²) >= 11 is 1.72. The Kier molecular flexibility index (Phi) is 3.00. The minimum atomic E-state index is 0.174. The van der Waals surface area contributed by atoms with Gasteiger partial charge in [0.05, 0.1) is 10.5 Å². The second-order valence-corrected chi connectivity index (χ2v) is 5.60. The van der Waals surface area contributed by atoms with Gasteiger partial charge in [-0.05, 0) is 12.1 Å². The van der Waals surface area contributed by atoms with Gasteiger partial charge in [0.1, 0.15) is 0 Å². The van der Waals surface area contributed by atoms with Crippen molar-refractivity contribution in [1.82, 2.24) is 0 Å². The van der Waals surface area contributed by atoms with Crippen molar-refractivity contribution in [2.24, 2.45) is 0 Å². The standard InChI is InChI=1S/C11H12OS/c1-11(2,3)13-10-6-4-9(8-12)5-7-10/h4,6,8H,1-3H3. The number of carbonyl (C=O) groups excluding carboxylic acids is 1. The number of rotatable bonds is 2. The molecule has 68 valence electrons. The predicted octanol–water partition coefficient (Wildman–Crippen LogP) is 2.99. The largest absolute Gasteiger partial charge is 0.297 e. The summed E-state index contributed by atoms with van der Waals surface area (Å²) in [7, 11) is 0. The molecule has 1 rings (SSSR count). The second-order valence-electron chi connectivity index (χ2n) is 3.74. The maximum atomic E-state index is 10.3. The van der Waals surface area contributed by atoms with Crippen LogP contribution >= 0.6 is 11.8 Å². The molecule has 0 aromatic heterocycles. The Balaban J connectivity index is 2.75. The van der Waals surface area contributed by atoms with Crippen LogP contribution in [0.1, 0.15) is 31.1 Å². The molecule has 1 aromatic rings. The third kappa shape index (κ3) is 3.52. The Labute approximate surface area is 83.5 Å². The quantitative estimate of drug-likeness (QED) is 0.529. The van der Waals surface area contributed by atoms with Gasteiger partial charge in [-0.15, -0.1) is 11.8 Å². The van der Waals surface area contributed by atoms with E-state index in [2.05, 4.69) is 32.9 Å². The van der Waals surface area contributed by atoms with Crippen molar-refractivity contribution in [1.29, 1.82) is 0 Å². The van der Waals surface area contributed by atoms with E-state index in [1.54, 1.807) is 17.8 Å². The van der Waals surface area contributed by atoms with E-state index in [1.165, 1.54) is 0 Å². The van der Waals surface area contributed by atoms with Crippen LogP contribution in [0.4, 0.5) is 0 Å². The first-order valence-electron chi connectivity index (χ1n) is 4.09. The van der Waals surface area contributed by atoms with Crippen LogP contribution in [0.2, 0.25) is 0 Å². The molecule has 0 aliphatic heterocycles. The molecule has 1 aromatic carbocycles. The maximum absolute atomic E-state index is 10.3. The van der Waals surface area contributed by atoms with Crippen LogP contribution in [-0.4, -0.2) is 11.0 Å². The second kappa shape index (κ2) is 3.85. The van der Waals surface area contributed by atoms with Crippen LogP contribution in [0.15, 0.2) is 17.0 Å². The summed E-state index contributed by atoms with van der Waals surface area (Å²) in [6, 6.07) is 9.41. The van der Waals surface area contributed by atoms with Crippen LogP contribution in [0.3, 0.4) is 0 Å². The fraction of sp³-hybridized carbons (Fsp3) is 0.364. The highest BCUT2D eigenvalue weighted by Gasteiger charge is 2.11. The van der Waals surface area contributed by atoms with Gasteiger partial charge in [0.15, 0.2) is 6.29 Å². The Hall–Kier alpha value is -0.940. The summed E-state index contributed by atoms with van der Waals surface area (Å²) in [4.78, 5) is 11.4. The number of carbonyl (C=O) groups is 1. The molecule has 0 bridgehead atoms. The van der Waals surface area contributed by atoms with Crippen molar-refractivity contribution in [3.8, 4) is 0 Å². The number of aldehydes is 1. The molecule has 0 saturated heterocycles. The molecule has 13 heavy (non-hydrogen) atoms. The predicted molar refractivity (Wildman–Crippen MR) is 55.1 cm³/mol. The lowest BCUT2D eigenvalue weighted by Gasteiger charge is -2.15. The van der Waals surface area contributed by atoms with Gasteiger partial charge in [-0.3, -0.25) is 4.79 Å². The molecule has 0 atom stereocenters. The highest BCUT2D eigenvalue weighted by molar-refractivity contribution is 8.00. The van der Waals surface area contributed by atoms with E-state index < -0.39 is 0 Å². The Morgan fingerprint density at radius 2 is 2.00 bits per heavy atom. The zero-order chi connectivity index (χ0) is 9.90. The first-order chi connectivity index (χ1) is 6.01. The van der Waals surface area contributed by atoms with Gasteiger partial charge >= 0.3 is 0 Å². The number of hydrogen-bond donors (Lipinski definition) is 0. The topological polar surface area (TPSA) is 17.1 Å². The Bertz CT molecular complexity index is 282. The van der Waals surface area contributed by atoms with Gasteiger partial charge in [-0.25, -0.2) is 0 Å². The molecule has 0 heterocycles. The van der Waals surface area contributed by atoms with Gasteiger partial charge in [-0.2, -0.15) is 0 Å². The van der Waals surface area contributed by atoms with Crippen molar-refractivity contribution in [3.63, 3.8) is 0 Å². The number of hydrogen-bond acceptors (Lipinski definition) is 2.